The van der Waals surface area contributed by atoms with Gasteiger partial charge in [-0.3, -0.25) is 9.69 Å². The highest BCUT2D eigenvalue weighted by Gasteiger charge is 2.29. The number of hydrogen-bond donors (Lipinski definition) is 0. The summed E-state index contributed by atoms with van der Waals surface area (Å²) in [5.74, 6) is 0.184. The number of rotatable bonds is 8. The largest absolute Gasteiger partial charge is 0.309 e. The van der Waals surface area contributed by atoms with Gasteiger partial charge in [0.25, 0.3) is 5.91 Å². The second-order valence-electron chi connectivity index (χ2n) is 10.2. The summed E-state index contributed by atoms with van der Waals surface area (Å²) in [5, 5.41) is 0.668. The lowest BCUT2D eigenvalue weighted by molar-refractivity contribution is 0.0986. The van der Waals surface area contributed by atoms with Crippen molar-refractivity contribution >= 4 is 55.0 Å². The first-order valence-corrected chi connectivity index (χ1v) is 14.8. The number of carbonyl (C=O) groups excluding carboxylic acids is 1. The molecule has 7 nitrogen and oxygen atoms in total. The van der Waals surface area contributed by atoms with Crippen molar-refractivity contribution in [2.45, 2.75) is 44.9 Å². The van der Waals surface area contributed by atoms with Gasteiger partial charge in [0.2, 0.25) is 10.0 Å². The fraction of sp³-hybridized carbons (Fsp3) is 0.481. The summed E-state index contributed by atoms with van der Waals surface area (Å²) in [4.78, 5) is 22.5. The molecule has 0 N–H and O–H groups in total. The first-order valence-electron chi connectivity index (χ1n) is 12.5. The third kappa shape index (κ3) is 6.70. The zero-order valence-electron chi connectivity index (χ0n) is 22.2. The van der Waals surface area contributed by atoms with Gasteiger partial charge >= 0.3 is 0 Å². The molecule has 1 aliphatic rings. The monoisotopic (exact) mass is 564 g/mol. The number of aryl methyl sites for hydroxylation is 2. The highest BCUT2D eigenvalue weighted by Crippen LogP contribution is 2.33. The van der Waals surface area contributed by atoms with E-state index in [-0.39, 0.29) is 23.2 Å². The van der Waals surface area contributed by atoms with Crippen LogP contribution >= 0.6 is 23.7 Å². The minimum absolute atomic E-state index is 0. The van der Waals surface area contributed by atoms with Crippen LogP contribution in [0.4, 0.5) is 5.13 Å². The maximum absolute atomic E-state index is 13.7. The predicted octanol–water partition coefficient (Wildman–Crippen LogP) is 5.35. The van der Waals surface area contributed by atoms with E-state index in [0.717, 1.165) is 47.2 Å². The number of amides is 1. The van der Waals surface area contributed by atoms with Crippen LogP contribution in [0, 0.1) is 19.8 Å². The number of carbonyl (C=O) groups is 1. The van der Waals surface area contributed by atoms with Gasteiger partial charge in [-0.25, -0.2) is 13.4 Å². The van der Waals surface area contributed by atoms with Crippen LogP contribution < -0.4 is 4.90 Å². The van der Waals surface area contributed by atoms with Gasteiger partial charge in [0.05, 0.1) is 15.1 Å². The molecule has 0 radical (unpaired) electrons. The summed E-state index contributed by atoms with van der Waals surface area (Å²) in [7, 11) is 0.457. The molecular weight excluding hydrogens is 528 g/mol. The maximum atomic E-state index is 13.7. The van der Waals surface area contributed by atoms with Crippen molar-refractivity contribution < 1.29 is 13.2 Å². The van der Waals surface area contributed by atoms with Crippen LogP contribution in [-0.4, -0.2) is 68.8 Å². The molecule has 1 amide bonds. The Kier molecular flexibility index (Phi) is 9.74. The highest BCUT2D eigenvalue weighted by molar-refractivity contribution is 7.89. The average molecular weight is 565 g/mol. The Morgan fingerprint density at radius 1 is 1.14 bits per heavy atom. The Balaban J connectivity index is 0.00000380. The van der Waals surface area contributed by atoms with Crippen molar-refractivity contribution in [1.29, 1.82) is 0 Å². The Bertz CT molecular complexity index is 1340. The lowest BCUT2D eigenvalue weighted by atomic mass is 10.0. The van der Waals surface area contributed by atoms with Crippen molar-refractivity contribution in [1.82, 2.24) is 14.2 Å². The molecule has 1 unspecified atom stereocenters. The highest BCUT2D eigenvalue weighted by atomic mass is 35.5. The van der Waals surface area contributed by atoms with Crippen molar-refractivity contribution in [3.8, 4) is 0 Å². The van der Waals surface area contributed by atoms with Crippen LogP contribution in [0.25, 0.3) is 10.2 Å². The van der Waals surface area contributed by atoms with E-state index in [9.17, 15) is 13.2 Å². The lowest BCUT2D eigenvalue weighted by Gasteiger charge is -2.30. The molecule has 1 aliphatic heterocycles. The fourth-order valence-corrected chi connectivity index (χ4v) is 7.39. The van der Waals surface area contributed by atoms with E-state index in [1.807, 2.05) is 27.1 Å². The Morgan fingerprint density at radius 2 is 1.84 bits per heavy atom. The van der Waals surface area contributed by atoms with Gasteiger partial charge in [-0.15, -0.1) is 12.4 Å². The van der Waals surface area contributed by atoms with E-state index in [4.69, 9.17) is 4.98 Å². The molecule has 2 heterocycles. The molecule has 1 aromatic heterocycles. The molecule has 0 saturated carbocycles. The molecule has 1 fully saturated rings. The smallest absolute Gasteiger partial charge is 0.260 e. The van der Waals surface area contributed by atoms with E-state index in [1.54, 1.807) is 33.5 Å². The van der Waals surface area contributed by atoms with Gasteiger partial charge in [-0.05, 0) is 101 Å². The van der Waals surface area contributed by atoms with Crippen LogP contribution in [0.1, 0.15) is 47.7 Å². The predicted molar refractivity (Wildman–Crippen MR) is 155 cm³/mol. The quantitative estimate of drug-likeness (QED) is 0.368. The summed E-state index contributed by atoms with van der Waals surface area (Å²) in [5.41, 5.74) is 3.64. The van der Waals surface area contributed by atoms with Crippen molar-refractivity contribution in [3.05, 3.63) is 53.1 Å². The summed E-state index contributed by atoms with van der Waals surface area (Å²) in [6, 6.07) is 10.6. The zero-order valence-corrected chi connectivity index (χ0v) is 24.7. The fourth-order valence-electron chi connectivity index (χ4n) is 4.75. The van der Waals surface area contributed by atoms with Crippen LogP contribution in [0.15, 0.2) is 41.3 Å². The Hall–Kier alpha value is -2.04. The van der Waals surface area contributed by atoms with Crippen LogP contribution in [0.2, 0.25) is 0 Å². The molecule has 2 aromatic carbocycles. The minimum atomic E-state index is -3.57. The number of halogens is 1. The first kappa shape index (κ1) is 29.5. The van der Waals surface area contributed by atoms with Crippen molar-refractivity contribution in [2.75, 3.05) is 45.2 Å². The number of sulfonamides is 1. The summed E-state index contributed by atoms with van der Waals surface area (Å²) >= 11 is 1.53. The molecule has 4 rings (SSSR count). The molecule has 10 heteroatoms. The summed E-state index contributed by atoms with van der Waals surface area (Å²) < 4.78 is 28.9. The minimum Gasteiger partial charge on any atom is -0.309 e. The SMILES string of the molecule is Cc1cc(C)c2sc(N(CCCN(C)C)C(=O)c3ccc(S(=O)(=O)N4CCCC(C)C4)cc3)nc2c1.Cl. The number of benzene rings is 2. The second kappa shape index (κ2) is 12.2. The van der Waals surface area contributed by atoms with Gasteiger partial charge in [0, 0.05) is 25.2 Å². The molecule has 202 valence electrons. The van der Waals surface area contributed by atoms with E-state index in [1.165, 1.54) is 11.3 Å². The van der Waals surface area contributed by atoms with Crippen LogP contribution in [0.5, 0.6) is 0 Å². The van der Waals surface area contributed by atoms with Crippen molar-refractivity contribution in [2.24, 2.45) is 5.92 Å². The average Bonchev–Trinajstić information content (AvgIpc) is 3.25. The second-order valence-corrected chi connectivity index (χ2v) is 13.1. The lowest BCUT2D eigenvalue weighted by Crippen LogP contribution is -2.39. The maximum Gasteiger partial charge on any atom is 0.260 e. The number of thiazole rings is 1. The number of fused-ring (bicyclic) bond motifs is 1. The van der Waals surface area contributed by atoms with Gasteiger partial charge in [-0.2, -0.15) is 4.31 Å². The summed E-state index contributed by atoms with van der Waals surface area (Å²) in [6.45, 7) is 8.66. The number of anilines is 1. The topological polar surface area (TPSA) is 73.8 Å². The normalized spacial score (nSPS) is 16.6. The van der Waals surface area contributed by atoms with E-state index < -0.39 is 10.0 Å². The number of aromatic nitrogens is 1. The van der Waals surface area contributed by atoms with Crippen LogP contribution in [-0.2, 0) is 10.0 Å². The summed E-state index contributed by atoms with van der Waals surface area (Å²) in [6.07, 6.45) is 2.72. The molecule has 37 heavy (non-hydrogen) atoms. The molecule has 0 spiro atoms. The molecular formula is C27H37ClN4O3S2. The van der Waals surface area contributed by atoms with E-state index in [0.29, 0.717) is 36.2 Å². The van der Waals surface area contributed by atoms with Crippen LogP contribution in [0.3, 0.4) is 0 Å². The number of hydrogen-bond acceptors (Lipinski definition) is 6. The third-order valence-corrected chi connectivity index (χ3v) is 9.74. The molecule has 3 aromatic rings. The van der Waals surface area contributed by atoms with Gasteiger partial charge < -0.3 is 4.90 Å². The zero-order chi connectivity index (χ0) is 26.0. The third-order valence-electron chi connectivity index (χ3n) is 6.63. The van der Waals surface area contributed by atoms with Gasteiger partial charge in [0.1, 0.15) is 0 Å². The first-order chi connectivity index (χ1) is 17.1. The molecule has 1 atom stereocenters. The molecule has 1 saturated heterocycles. The molecule has 0 aliphatic carbocycles. The van der Waals surface area contributed by atoms with E-state index >= 15 is 0 Å². The van der Waals surface area contributed by atoms with Gasteiger partial charge in [-0.1, -0.05) is 24.3 Å². The Labute approximate surface area is 230 Å². The number of piperidine rings is 1. The number of nitrogens with zero attached hydrogens (tertiary/aromatic N) is 4. The standard InChI is InChI=1S/C27H36N4O3S2.ClH/c1-19-8-6-14-30(18-19)36(33,34)23-11-9-22(10-12-23)26(32)31(15-7-13-29(4)5)27-28-24-17-20(2)16-21(3)25(24)35-27;/h9-12,16-17,19H,6-8,13-15,18H2,1-5H3;1H. The molecule has 0 bridgehead atoms. The van der Waals surface area contributed by atoms with E-state index in [2.05, 4.69) is 24.8 Å². The van der Waals surface area contributed by atoms with Crippen molar-refractivity contribution in [3.63, 3.8) is 0 Å². The Morgan fingerprint density at radius 3 is 2.49 bits per heavy atom. The van der Waals surface area contributed by atoms with Gasteiger partial charge in [0.15, 0.2) is 5.13 Å².